The molecule has 1 amide bonds. The molecular weight excluding hydrogens is 334 g/mol. The molecule has 1 unspecified atom stereocenters. The van der Waals surface area contributed by atoms with Crippen LogP contribution in [-0.2, 0) is 4.74 Å². The minimum absolute atomic E-state index is 0.0984. The first kappa shape index (κ1) is 16.6. The molecule has 2 aromatic rings. The fraction of sp³-hybridized carbons (Fsp3) is 0.118. The van der Waals surface area contributed by atoms with E-state index in [0.29, 0.717) is 5.70 Å². The van der Waals surface area contributed by atoms with Crippen LogP contribution < -0.4 is 15.8 Å². The van der Waals surface area contributed by atoms with Gasteiger partial charge in [0.15, 0.2) is 11.6 Å². The predicted octanol–water partition coefficient (Wildman–Crippen LogP) is 2.09. The summed E-state index contributed by atoms with van der Waals surface area (Å²) in [6.45, 7) is -0.0984. The number of ether oxygens (including phenoxy) is 2. The van der Waals surface area contributed by atoms with Gasteiger partial charge in [0.05, 0.1) is 5.70 Å². The molecule has 0 radical (unpaired) electrons. The summed E-state index contributed by atoms with van der Waals surface area (Å²) in [5, 5.41) is 12.3. The molecule has 0 saturated carbocycles. The third kappa shape index (κ3) is 3.47. The van der Waals surface area contributed by atoms with Crippen LogP contribution in [-0.4, -0.2) is 23.8 Å². The molecule has 6 nitrogen and oxygen atoms in total. The number of phenols is 1. The van der Waals surface area contributed by atoms with Crippen LogP contribution in [0.3, 0.4) is 0 Å². The molecular formula is C17H14F2N2O4. The van der Waals surface area contributed by atoms with Crippen LogP contribution in [0.2, 0.25) is 0 Å². The van der Waals surface area contributed by atoms with Gasteiger partial charge < -0.3 is 25.6 Å². The maximum absolute atomic E-state index is 14.1. The van der Waals surface area contributed by atoms with Crippen LogP contribution in [0.25, 0.3) is 5.70 Å². The summed E-state index contributed by atoms with van der Waals surface area (Å²) in [5.41, 5.74) is 5.55. The van der Waals surface area contributed by atoms with E-state index in [1.54, 1.807) is 12.1 Å². The molecule has 4 N–H and O–H groups in total. The summed E-state index contributed by atoms with van der Waals surface area (Å²) < 4.78 is 38.1. The number of nitrogens with two attached hydrogens (primary N) is 1. The average molecular weight is 348 g/mol. The zero-order valence-corrected chi connectivity index (χ0v) is 12.8. The smallest absolute Gasteiger partial charge is 0.254 e. The van der Waals surface area contributed by atoms with Gasteiger partial charge in [0, 0.05) is 5.56 Å². The highest BCUT2D eigenvalue weighted by Gasteiger charge is 2.22. The second-order valence-electron chi connectivity index (χ2n) is 5.26. The molecule has 1 aliphatic heterocycles. The van der Waals surface area contributed by atoms with Gasteiger partial charge in [-0.05, 0) is 36.4 Å². The Morgan fingerprint density at radius 3 is 2.64 bits per heavy atom. The number of rotatable bonds is 5. The molecule has 0 aliphatic carbocycles. The number of hydrogen-bond acceptors (Lipinski definition) is 5. The van der Waals surface area contributed by atoms with E-state index in [0.717, 1.165) is 17.7 Å². The van der Waals surface area contributed by atoms with Crippen LogP contribution in [0.5, 0.6) is 11.5 Å². The van der Waals surface area contributed by atoms with Crippen LogP contribution in [0.4, 0.5) is 8.78 Å². The van der Waals surface area contributed by atoms with Gasteiger partial charge in [-0.3, -0.25) is 4.79 Å². The number of benzene rings is 2. The van der Waals surface area contributed by atoms with E-state index in [1.807, 2.05) is 0 Å². The predicted molar refractivity (Wildman–Crippen MR) is 84.5 cm³/mol. The summed E-state index contributed by atoms with van der Waals surface area (Å²) in [6.07, 6.45) is 0.862. The number of hydrogen-bond donors (Lipinski definition) is 3. The normalized spacial score (nSPS) is 15.9. The summed E-state index contributed by atoms with van der Waals surface area (Å²) in [4.78, 5) is 11.1. The van der Waals surface area contributed by atoms with Crippen molar-refractivity contribution in [3.8, 4) is 11.5 Å². The Morgan fingerprint density at radius 1 is 1.24 bits per heavy atom. The molecule has 1 aliphatic rings. The highest BCUT2D eigenvalue weighted by molar-refractivity contribution is 5.93. The van der Waals surface area contributed by atoms with Crippen LogP contribution in [0.1, 0.15) is 15.9 Å². The van der Waals surface area contributed by atoms with Crippen LogP contribution in [0, 0.1) is 11.6 Å². The Labute approximate surface area is 141 Å². The first-order chi connectivity index (χ1) is 12.0. The van der Waals surface area contributed by atoms with E-state index < -0.39 is 29.3 Å². The second-order valence-corrected chi connectivity index (χ2v) is 5.26. The Balaban J connectivity index is 1.63. The third-order valence-electron chi connectivity index (χ3n) is 3.54. The largest absolute Gasteiger partial charge is 0.508 e. The number of amides is 1. The molecule has 3 rings (SSSR count). The maximum Gasteiger partial charge on any atom is 0.254 e. The standard InChI is InChI=1S/C17H14F2N2O4/c18-11-5-6-13(16(19)15(11)17(20)23)24-8-14-21-12(7-25-14)9-1-3-10(22)4-2-9/h1-7,14,21-22H,8H2,(H2,20,23). The number of halogens is 2. The van der Waals surface area contributed by atoms with Gasteiger partial charge in [0.1, 0.15) is 30.0 Å². The molecule has 130 valence electrons. The highest BCUT2D eigenvalue weighted by atomic mass is 19.1. The average Bonchev–Trinajstić information content (AvgIpc) is 3.03. The minimum atomic E-state index is -1.22. The summed E-state index contributed by atoms with van der Waals surface area (Å²) in [5.74, 6) is -3.59. The van der Waals surface area contributed by atoms with Crippen molar-refractivity contribution in [1.82, 2.24) is 5.32 Å². The summed E-state index contributed by atoms with van der Waals surface area (Å²) in [6, 6.07) is 8.42. The van der Waals surface area contributed by atoms with Gasteiger partial charge in [-0.25, -0.2) is 8.78 Å². The summed E-state index contributed by atoms with van der Waals surface area (Å²) >= 11 is 0. The maximum atomic E-state index is 14.1. The van der Waals surface area contributed by atoms with Crippen molar-refractivity contribution in [3.05, 3.63) is 65.4 Å². The van der Waals surface area contributed by atoms with Gasteiger partial charge in [-0.15, -0.1) is 0 Å². The fourth-order valence-electron chi connectivity index (χ4n) is 2.30. The van der Waals surface area contributed by atoms with Gasteiger partial charge in [0.25, 0.3) is 5.91 Å². The lowest BCUT2D eigenvalue weighted by molar-refractivity contribution is 0.0906. The van der Waals surface area contributed by atoms with Crippen molar-refractivity contribution in [3.63, 3.8) is 0 Å². The van der Waals surface area contributed by atoms with Gasteiger partial charge >= 0.3 is 0 Å². The number of nitrogens with one attached hydrogen (secondary N) is 1. The third-order valence-corrected chi connectivity index (χ3v) is 3.54. The van der Waals surface area contributed by atoms with E-state index in [2.05, 4.69) is 5.32 Å². The van der Waals surface area contributed by atoms with E-state index >= 15 is 0 Å². The van der Waals surface area contributed by atoms with E-state index in [9.17, 15) is 18.7 Å². The van der Waals surface area contributed by atoms with Crippen LogP contribution in [0.15, 0.2) is 42.7 Å². The Kier molecular flexibility index (Phi) is 4.42. The molecule has 0 bridgehead atoms. The Bertz CT molecular complexity index is 837. The van der Waals surface area contributed by atoms with Gasteiger partial charge in [-0.1, -0.05) is 0 Å². The molecule has 0 spiro atoms. The lowest BCUT2D eigenvalue weighted by atomic mass is 10.1. The number of aromatic hydroxyl groups is 1. The van der Waals surface area contributed by atoms with Crippen molar-refractivity contribution in [2.75, 3.05) is 6.61 Å². The number of primary amides is 1. The first-order valence-electron chi connectivity index (χ1n) is 7.28. The number of carbonyl (C=O) groups excluding carboxylic acids is 1. The SMILES string of the molecule is NC(=O)c1c(F)ccc(OCC2NC(c3ccc(O)cc3)=CO2)c1F. The minimum Gasteiger partial charge on any atom is -0.508 e. The second kappa shape index (κ2) is 6.68. The van der Waals surface area contributed by atoms with Gasteiger partial charge in [-0.2, -0.15) is 0 Å². The van der Waals surface area contributed by atoms with E-state index in [4.69, 9.17) is 15.2 Å². The van der Waals surface area contributed by atoms with Crippen molar-refractivity contribution < 1.29 is 28.2 Å². The zero-order valence-electron chi connectivity index (χ0n) is 12.8. The highest BCUT2D eigenvalue weighted by Crippen LogP contribution is 2.24. The summed E-state index contributed by atoms with van der Waals surface area (Å²) in [7, 11) is 0. The fourth-order valence-corrected chi connectivity index (χ4v) is 2.30. The van der Waals surface area contributed by atoms with Crippen molar-refractivity contribution in [1.29, 1.82) is 0 Å². The van der Waals surface area contributed by atoms with Crippen molar-refractivity contribution in [2.24, 2.45) is 5.73 Å². The topological polar surface area (TPSA) is 93.8 Å². The van der Waals surface area contributed by atoms with E-state index in [-0.39, 0.29) is 18.1 Å². The Hall–Kier alpha value is -3.29. The van der Waals surface area contributed by atoms with Crippen LogP contribution >= 0.6 is 0 Å². The molecule has 0 saturated heterocycles. The molecule has 1 atom stereocenters. The Morgan fingerprint density at radius 2 is 1.96 bits per heavy atom. The number of carbonyl (C=O) groups is 1. The number of phenolic OH excluding ortho intramolecular Hbond substituents is 1. The molecule has 0 fully saturated rings. The molecule has 25 heavy (non-hydrogen) atoms. The van der Waals surface area contributed by atoms with Crippen molar-refractivity contribution in [2.45, 2.75) is 6.23 Å². The molecule has 1 heterocycles. The van der Waals surface area contributed by atoms with E-state index in [1.165, 1.54) is 18.4 Å². The quantitative estimate of drug-likeness (QED) is 0.769. The monoisotopic (exact) mass is 348 g/mol. The molecule has 8 heteroatoms. The molecule has 0 aromatic heterocycles. The zero-order chi connectivity index (χ0) is 18.0. The molecule has 2 aromatic carbocycles. The lowest BCUT2D eigenvalue weighted by Gasteiger charge is -2.15. The first-order valence-corrected chi connectivity index (χ1v) is 7.28. The lowest BCUT2D eigenvalue weighted by Crippen LogP contribution is -2.30. The van der Waals surface area contributed by atoms with Gasteiger partial charge in [0.2, 0.25) is 6.23 Å². The van der Waals surface area contributed by atoms with Crippen molar-refractivity contribution >= 4 is 11.6 Å².